The first-order valence-corrected chi connectivity index (χ1v) is 12.8. The van der Waals surface area contributed by atoms with Crippen molar-refractivity contribution in [1.29, 1.82) is 5.26 Å². The van der Waals surface area contributed by atoms with Crippen LogP contribution in [-0.2, 0) is 9.53 Å². The van der Waals surface area contributed by atoms with E-state index >= 15 is 0 Å². The first-order valence-electron chi connectivity index (χ1n) is 12.8. The van der Waals surface area contributed by atoms with E-state index in [0.29, 0.717) is 58.7 Å². The van der Waals surface area contributed by atoms with Crippen molar-refractivity contribution in [1.82, 2.24) is 0 Å². The van der Waals surface area contributed by atoms with Crippen LogP contribution in [0.3, 0.4) is 0 Å². The third-order valence-corrected chi connectivity index (χ3v) is 10.8. The highest BCUT2D eigenvalue weighted by molar-refractivity contribution is 5.66. The largest absolute Gasteiger partial charge is 0.462 e. The zero-order valence-electron chi connectivity index (χ0n) is 20.0. The van der Waals surface area contributed by atoms with Crippen LogP contribution in [0.2, 0.25) is 0 Å². The normalized spacial score (nSPS) is 48.6. The predicted octanol–water partition coefficient (Wildman–Crippen LogP) is 6.76. The van der Waals surface area contributed by atoms with E-state index in [1.807, 2.05) is 0 Å². The average Bonchev–Trinajstić information content (AvgIpc) is 3.05. The van der Waals surface area contributed by atoms with E-state index < -0.39 is 0 Å². The van der Waals surface area contributed by atoms with E-state index in [9.17, 15) is 10.1 Å². The highest BCUT2D eigenvalue weighted by atomic mass is 16.5. The van der Waals surface area contributed by atoms with Gasteiger partial charge in [0, 0.05) is 19.3 Å². The quantitative estimate of drug-likeness (QED) is 0.478. The molecule has 0 heterocycles. The molecule has 4 fully saturated rings. The van der Waals surface area contributed by atoms with Crippen LogP contribution in [0.25, 0.3) is 0 Å². The van der Waals surface area contributed by atoms with Crippen LogP contribution in [0.15, 0.2) is 0 Å². The molecule has 4 rings (SSSR count). The summed E-state index contributed by atoms with van der Waals surface area (Å²) in [5.41, 5.74) is 0.712. The van der Waals surface area contributed by atoms with Gasteiger partial charge in [0.05, 0.1) is 6.07 Å². The zero-order valence-corrected chi connectivity index (χ0v) is 20.0. The fraction of sp³-hybridized carbons (Fsp3) is 0.926. The van der Waals surface area contributed by atoms with Gasteiger partial charge in [0.1, 0.15) is 6.10 Å². The number of hydrogen-bond donors (Lipinski definition) is 0. The van der Waals surface area contributed by atoms with Gasteiger partial charge in [-0.05, 0) is 91.3 Å². The van der Waals surface area contributed by atoms with Crippen LogP contribution in [0.1, 0.15) is 98.8 Å². The van der Waals surface area contributed by atoms with Crippen LogP contribution >= 0.6 is 0 Å². The van der Waals surface area contributed by atoms with E-state index in [-0.39, 0.29) is 12.1 Å². The SMILES string of the molecule is CC[C@H]1[C@@H](OC(C)=O)[C@@H]2[C@H](CC[C@]3(C)[C@@H]([C@H](C)CC#N)CC[C@@H]23)[C@@]2(C)CCCC[C@@H]12. The molecular formula is C27H43NO2. The van der Waals surface area contributed by atoms with Crippen molar-refractivity contribution in [2.24, 2.45) is 52.3 Å². The van der Waals surface area contributed by atoms with E-state index in [0.717, 1.165) is 6.42 Å². The van der Waals surface area contributed by atoms with Crippen LogP contribution in [0.5, 0.6) is 0 Å². The average molecular weight is 414 g/mol. The van der Waals surface area contributed by atoms with Crippen molar-refractivity contribution in [3.05, 3.63) is 0 Å². The summed E-state index contributed by atoms with van der Waals surface area (Å²) in [5, 5.41) is 9.33. The molecule has 3 nitrogen and oxygen atoms in total. The van der Waals surface area contributed by atoms with Gasteiger partial charge < -0.3 is 4.74 Å². The molecule has 4 saturated carbocycles. The highest BCUT2D eigenvalue weighted by Gasteiger charge is 2.65. The topological polar surface area (TPSA) is 50.1 Å². The zero-order chi connectivity index (χ0) is 21.7. The van der Waals surface area contributed by atoms with Gasteiger partial charge in [0.15, 0.2) is 0 Å². The number of nitriles is 1. The number of fused-ring (bicyclic) bond motifs is 5. The smallest absolute Gasteiger partial charge is 0.302 e. The molecule has 0 N–H and O–H groups in total. The second-order valence-corrected chi connectivity index (χ2v) is 11.9. The fourth-order valence-electron chi connectivity index (χ4n) is 9.62. The summed E-state index contributed by atoms with van der Waals surface area (Å²) in [6.07, 6.45) is 12.4. The molecular weight excluding hydrogens is 370 g/mol. The van der Waals surface area contributed by atoms with E-state index in [2.05, 4.69) is 33.8 Å². The van der Waals surface area contributed by atoms with Gasteiger partial charge in [-0.2, -0.15) is 5.26 Å². The molecule has 0 radical (unpaired) electrons. The lowest BCUT2D eigenvalue weighted by Crippen LogP contribution is -2.62. The second kappa shape index (κ2) is 8.14. The van der Waals surface area contributed by atoms with Gasteiger partial charge in [-0.25, -0.2) is 0 Å². The van der Waals surface area contributed by atoms with Crippen LogP contribution in [-0.4, -0.2) is 12.1 Å². The number of hydrogen-bond acceptors (Lipinski definition) is 3. The number of nitrogens with zero attached hydrogens (tertiary/aromatic N) is 1. The molecule has 10 atom stereocenters. The molecule has 0 unspecified atom stereocenters. The summed E-state index contributed by atoms with van der Waals surface area (Å²) in [5.74, 6) is 4.08. The number of ether oxygens (including phenoxy) is 1. The minimum absolute atomic E-state index is 0.0868. The summed E-state index contributed by atoms with van der Waals surface area (Å²) in [6, 6.07) is 2.44. The van der Waals surface area contributed by atoms with Crippen molar-refractivity contribution in [2.45, 2.75) is 105 Å². The number of rotatable bonds is 4. The van der Waals surface area contributed by atoms with Gasteiger partial charge in [-0.15, -0.1) is 0 Å². The molecule has 30 heavy (non-hydrogen) atoms. The molecule has 0 bridgehead atoms. The first kappa shape index (κ1) is 22.2. The minimum atomic E-state index is -0.0868. The van der Waals surface area contributed by atoms with Crippen molar-refractivity contribution in [3.63, 3.8) is 0 Å². The molecule has 0 aromatic heterocycles. The Morgan fingerprint density at radius 2 is 1.80 bits per heavy atom. The molecule has 0 aromatic carbocycles. The molecule has 0 aliphatic heterocycles. The number of esters is 1. The van der Waals surface area contributed by atoms with Crippen LogP contribution in [0.4, 0.5) is 0 Å². The summed E-state index contributed by atoms with van der Waals surface area (Å²) in [6.45, 7) is 11.4. The maximum atomic E-state index is 12.3. The first-order chi connectivity index (χ1) is 14.3. The highest BCUT2D eigenvalue weighted by Crippen LogP contribution is 2.69. The van der Waals surface area contributed by atoms with Gasteiger partial charge in [-0.3, -0.25) is 4.79 Å². The third kappa shape index (κ3) is 3.23. The molecule has 3 heteroatoms. The summed E-state index contributed by atoms with van der Waals surface area (Å²) >= 11 is 0. The second-order valence-electron chi connectivity index (χ2n) is 11.9. The summed E-state index contributed by atoms with van der Waals surface area (Å²) < 4.78 is 6.26. The van der Waals surface area contributed by atoms with Gasteiger partial charge in [0.25, 0.3) is 0 Å². The lowest BCUT2D eigenvalue weighted by molar-refractivity contribution is -0.210. The van der Waals surface area contributed by atoms with Gasteiger partial charge in [-0.1, -0.05) is 40.5 Å². The Morgan fingerprint density at radius 3 is 2.47 bits per heavy atom. The Balaban J connectivity index is 1.74. The number of carbonyl (C=O) groups excluding carboxylic acids is 1. The minimum Gasteiger partial charge on any atom is -0.462 e. The molecule has 0 saturated heterocycles. The Bertz CT molecular complexity index is 697. The summed E-state index contributed by atoms with van der Waals surface area (Å²) in [7, 11) is 0. The van der Waals surface area contributed by atoms with Crippen LogP contribution < -0.4 is 0 Å². The fourth-order valence-corrected chi connectivity index (χ4v) is 9.62. The van der Waals surface area contributed by atoms with E-state index in [4.69, 9.17) is 4.74 Å². The van der Waals surface area contributed by atoms with Crippen molar-refractivity contribution >= 4 is 5.97 Å². The Morgan fingerprint density at radius 1 is 1.07 bits per heavy atom. The standard InChI is InChI=1S/C27H43NO2/c1-6-19-21-9-7-8-14-26(21,4)23-12-15-27(5)20(17(2)13-16-28)10-11-22(27)24(23)25(19)30-18(3)29/h17,19-25H,6-15H2,1-5H3/t17-,19-,20-,21+,22+,23+,24+,25-,26+,27-/m1/s1. The van der Waals surface area contributed by atoms with E-state index in [1.54, 1.807) is 6.92 Å². The van der Waals surface area contributed by atoms with E-state index in [1.165, 1.54) is 51.4 Å². The Labute approximate surface area is 184 Å². The summed E-state index contributed by atoms with van der Waals surface area (Å²) in [4.78, 5) is 12.3. The van der Waals surface area contributed by atoms with Crippen molar-refractivity contribution in [3.8, 4) is 6.07 Å². The van der Waals surface area contributed by atoms with Crippen molar-refractivity contribution < 1.29 is 9.53 Å². The van der Waals surface area contributed by atoms with Gasteiger partial charge in [0.2, 0.25) is 0 Å². The predicted molar refractivity (Wildman–Crippen MR) is 119 cm³/mol. The molecule has 4 aliphatic carbocycles. The molecule has 168 valence electrons. The Kier molecular flexibility index (Phi) is 6.02. The molecule has 4 aliphatic rings. The lowest BCUT2D eigenvalue weighted by Gasteiger charge is -2.64. The monoisotopic (exact) mass is 413 g/mol. The lowest BCUT2D eigenvalue weighted by atomic mass is 9.41. The molecule has 0 aromatic rings. The van der Waals surface area contributed by atoms with Crippen molar-refractivity contribution in [2.75, 3.05) is 0 Å². The third-order valence-electron chi connectivity index (χ3n) is 10.8. The van der Waals surface area contributed by atoms with Gasteiger partial charge >= 0.3 is 5.97 Å². The van der Waals surface area contributed by atoms with Crippen LogP contribution in [0, 0.1) is 63.6 Å². The molecule has 0 amide bonds. The Hall–Kier alpha value is -1.04. The maximum Gasteiger partial charge on any atom is 0.302 e. The number of carbonyl (C=O) groups is 1. The molecule has 0 spiro atoms. The maximum absolute atomic E-state index is 12.3.